The Morgan fingerprint density at radius 3 is 1.75 bits per heavy atom. The fraction of sp³-hybridized carbons (Fsp3) is 1.00. The maximum Gasteiger partial charge on any atom is 0.522 e. The van der Waals surface area contributed by atoms with Crippen LogP contribution in [0, 0.1) is 0 Å². The summed E-state index contributed by atoms with van der Waals surface area (Å²) in [6, 6.07) is 0. The third-order valence-electron chi connectivity index (χ3n) is 1.52. The topological polar surface area (TPSA) is 9.23 Å². The lowest BCUT2D eigenvalue weighted by Gasteiger charge is -2.17. The van der Waals surface area contributed by atoms with E-state index in [2.05, 4.69) is 4.74 Å². The smallest absolute Gasteiger partial charge is 0.289 e. The fourth-order valence-corrected chi connectivity index (χ4v) is 1.10. The quantitative estimate of drug-likeness (QED) is 0.635. The second-order valence-corrected chi connectivity index (χ2v) is 2.76. The lowest BCUT2D eigenvalue weighted by atomic mass is 10.1. The van der Waals surface area contributed by atoms with Gasteiger partial charge in [-0.3, -0.25) is 4.74 Å². The van der Waals surface area contributed by atoms with Crippen molar-refractivity contribution in [3.8, 4) is 0 Å². The van der Waals surface area contributed by atoms with Gasteiger partial charge in [-0.05, 0) is 12.8 Å². The van der Waals surface area contributed by atoms with E-state index < -0.39 is 12.5 Å². The van der Waals surface area contributed by atoms with Gasteiger partial charge in [0.1, 0.15) is 0 Å². The van der Waals surface area contributed by atoms with Crippen molar-refractivity contribution >= 4 is 0 Å². The molecule has 0 spiro atoms. The van der Waals surface area contributed by atoms with Gasteiger partial charge in [0.05, 0.1) is 6.10 Å². The van der Waals surface area contributed by atoms with Crippen molar-refractivity contribution in [1.82, 2.24) is 0 Å². The summed E-state index contributed by atoms with van der Waals surface area (Å²) in [7, 11) is 0. The number of rotatable bonds is 5. The van der Waals surface area contributed by atoms with Crippen LogP contribution in [0.5, 0.6) is 0 Å². The van der Waals surface area contributed by atoms with Crippen molar-refractivity contribution in [2.45, 2.75) is 52.0 Å². The maximum atomic E-state index is 11.7. The molecular formula is C8H15F3O. The highest BCUT2D eigenvalue weighted by Gasteiger charge is 2.32. The molecule has 0 radical (unpaired) electrons. The maximum absolute atomic E-state index is 11.7. The van der Waals surface area contributed by atoms with E-state index in [1.54, 1.807) is 0 Å². The van der Waals surface area contributed by atoms with E-state index in [9.17, 15) is 13.2 Å². The van der Waals surface area contributed by atoms with Gasteiger partial charge in [-0.1, -0.05) is 26.7 Å². The van der Waals surface area contributed by atoms with Crippen molar-refractivity contribution < 1.29 is 17.9 Å². The summed E-state index contributed by atoms with van der Waals surface area (Å²) in [4.78, 5) is 0. The SMILES string of the molecule is CCCC(CCC)OC(F)(F)F. The Morgan fingerprint density at radius 1 is 1.08 bits per heavy atom. The van der Waals surface area contributed by atoms with E-state index in [1.807, 2.05) is 13.8 Å². The largest absolute Gasteiger partial charge is 0.522 e. The zero-order valence-corrected chi connectivity index (χ0v) is 7.45. The lowest BCUT2D eigenvalue weighted by Crippen LogP contribution is -2.23. The molecule has 0 atom stereocenters. The first-order valence-electron chi connectivity index (χ1n) is 4.24. The van der Waals surface area contributed by atoms with Gasteiger partial charge in [-0.25, -0.2) is 0 Å². The first-order chi connectivity index (χ1) is 5.49. The molecule has 1 nitrogen and oxygen atoms in total. The molecule has 0 aliphatic carbocycles. The molecule has 0 unspecified atom stereocenters. The molecule has 0 saturated carbocycles. The molecule has 0 heterocycles. The lowest BCUT2D eigenvalue weighted by molar-refractivity contribution is -0.343. The van der Waals surface area contributed by atoms with Crippen LogP contribution in [0.3, 0.4) is 0 Å². The number of halogens is 3. The van der Waals surface area contributed by atoms with E-state index in [4.69, 9.17) is 0 Å². The molecule has 74 valence electrons. The average Bonchev–Trinajstić information content (AvgIpc) is 1.84. The van der Waals surface area contributed by atoms with Crippen LogP contribution in [0.2, 0.25) is 0 Å². The van der Waals surface area contributed by atoms with Crippen molar-refractivity contribution in [3.63, 3.8) is 0 Å². The van der Waals surface area contributed by atoms with E-state index in [-0.39, 0.29) is 0 Å². The van der Waals surface area contributed by atoms with Gasteiger partial charge in [-0.15, -0.1) is 13.2 Å². The van der Waals surface area contributed by atoms with Gasteiger partial charge < -0.3 is 0 Å². The van der Waals surface area contributed by atoms with Gasteiger partial charge >= 0.3 is 6.36 Å². The summed E-state index contributed by atoms with van der Waals surface area (Å²) in [5.74, 6) is 0. The Balaban J connectivity index is 3.77. The average molecular weight is 184 g/mol. The summed E-state index contributed by atoms with van der Waals surface area (Å²) in [6.45, 7) is 3.70. The standard InChI is InChI=1S/C8H15F3O/c1-3-5-7(6-4-2)12-8(9,10)11/h7H,3-6H2,1-2H3. The van der Waals surface area contributed by atoms with Gasteiger partial charge in [0.2, 0.25) is 0 Å². The molecule has 0 bridgehead atoms. The minimum absolute atomic E-state index is 0.480. The molecule has 0 amide bonds. The Morgan fingerprint density at radius 2 is 1.50 bits per heavy atom. The summed E-state index contributed by atoms with van der Waals surface area (Å²) in [5, 5.41) is 0. The molecule has 0 aromatic heterocycles. The van der Waals surface area contributed by atoms with Crippen molar-refractivity contribution in [3.05, 3.63) is 0 Å². The molecule has 12 heavy (non-hydrogen) atoms. The first kappa shape index (κ1) is 11.8. The highest BCUT2D eigenvalue weighted by molar-refractivity contribution is 4.56. The van der Waals surface area contributed by atoms with Crippen molar-refractivity contribution in [2.75, 3.05) is 0 Å². The minimum Gasteiger partial charge on any atom is -0.289 e. The fourth-order valence-electron chi connectivity index (χ4n) is 1.10. The van der Waals surface area contributed by atoms with Gasteiger partial charge in [-0.2, -0.15) is 0 Å². The highest BCUT2D eigenvalue weighted by atomic mass is 19.4. The van der Waals surface area contributed by atoms with E-state index in [0.29, 0.717) is 12.8 Å². The van der Waals surface area contributed by atoms with Gasteiger partial charge in [0.25, 0.3) is 0 Å². The van der Waals surface area contributed by atoms with Gasteiger partial charge in [0, 0.05) is 0 Å². The summed E-state index contributed by atoms with van der Waals surface area (Å²) in [6.07, 6.45) is -2.72. The third kappa shape index (κ3) is 6.46. The van der Waals surface area contributed by atoms with E-state index >= 15 is 0 Å². The summed E-state index contributed by atoms with van der Waals surface area (Å²) >= 11 is 0. The normalized spacial score (nSPS) is 12.5. The second-order valence-electron chi connectivity index (χ2n) is 2.76. The second kappa shape index (κ2) is 5.41. The van der Waals surface area contributed by atoms with Crippen molar-refractivity contribution in [2.24, 2.45) is 0 Å². The summed E-state index contributed by atoms with van der Waals surface area (Å²) < 4.78 is 39.1. The molecule has 0 aromatic rings. The molecular weight excluding hydrogens is 169 g/mol. The Kier molecular flexibility index (Phi) is 5.29. The van der Waals surface area contributed by atoms with E-state index in [1.165, 1.54) is 0 Å². The van der Waals surface area contributed by atoms with Crippen LogP contribution in [0.4, 0.5) is 13.2 Å². The number of hydrogen-bond acceptors (Lipinski definition) is 1. The molecule has 0 N–H and O–H groups in total. The monoisotopic (exact) mass is 184 g/mol. The van der Waals surface area contributed by atoms with Crippen LogP contribution in [0.1, 0.15) is 39.5 Å². The molecule has 0 saturated heterocycles. The molecule has 0 aromatic carbocycles. The van der Waals surface area contributed by atoms with Crippen LogP contribution in [-0.2, 0) is 4.74 Å². The molecule has 0 aliphatic heterocycles. The molecule has 4 heteroatoms. The van der Waals surface area contributed by atoms with Crippen LogP contribution in [-0.4, -0.2) is 12.5 Å². The predicted molar refractivity (Wildman–Crippen MR) is 40.7 cm³/mol. The zero-order chi connectivity index (χ0) is 9.61. The Hall–Kier alpha value is -0.250. The Labute approximate surface area is 70.9 Å². The third-order valence-corrected chi connectivity index (χ3v) is 1.52. The van der Waals surface area contributed by atoms with Crippen LogP contribution < -0.4 is 0 Å². The number of hydrogen-bond donors (Lipinski definition) is 0. The summed E-state index contributed by atoms with van der Waals surface area (Å²) in [5.41, 5.74) is 0. The molecule has 0 rings (SSSR count). The van der Waals surface area contributed by atoms with Crippen molar-refractivity contribution in [1.29, 1.82) is 0 Å². The molecule has 0 aliphatic rings. The number of ether oxygens (including phenoxy) is 1. The predicted octanol–water partition coefficient (Wildman–Crippen LogP) is 3.49. The minimum atomic E-state index is -4.48. The first-order valence-corrected chi connectivity index (χ1v) is 4.24. The highest BCUT2D eigenvalue weighted by Crippen LogP contribution is 2.22. The van der Waals surface area contributed by atoms with Crippen LogP contribution in [0.15, 0.2) is 0 Å². The zero-order valence-electron chi connectivity index (χ0n) is 7.45. The molecule has 0 fully saturated rings. The number of alkyl halides is 3. The Bertz CT molecular complexity index is 105. The van der Waals surface area contributed by atoms with Crippen LogP contribution in [0.25, 0.3) is 0 Å². The van der Waals surface area contributed by atoms with Crippen LogP contribution >= 0.6 is 0 Å². The van der Waals surface area contributed by atoms with Gasteiger partial charge in [0.15, 0.2) is 0 Å². The van der Waals surface area contributed by atoms with E-state index in [0.717, 1.165) is 12.8 Å².